The average Bonchev–Trinajstić information content (AvgIpc) is 3.36. The molecule has 0 saturated carbocycles. The van der Waals surface area contributed by atoms with Gasteiger partial charge in [0.25, 0.3) is 0 Å². The number of nitrogens with one attached hydrogen (secondary N) is 2. The largest absolute Gasteiger partial charge is 0.324 e. The van der Waals surface area contributed by atoms with Gasteiger partial charge in [-0.25, -0.2) is 19.6 Å². The van der Waals surface area contributed by atoms with E-state index < -0.39 is 0 Å². The summed E-state index contributed by atoms with van der Waals surface area (Å²) in [6.45, 7) is 3.86. The van der Waals surface area contributed by atoms with Gasteiger partial charge >= 0.3 is 0 Å². The summed E-state index contributed by atoms with van der Waals surface area (Å²) in [6.07, 6.45) is 5.35. The van der Waals surface area contributed by atoms with Crippen molar-refractivity contribution in [3.05, 3.63) is 72.7 Å². The molecule has 0 spiro atoms. The second kappa shape index (κ2) is 6.83. The molecule has 2 aromatic carbocycles. The van der Waals surface area contributed by atoms with Crippen molar-refractivity contribution in [3.8, 4) is 16.8 Å². The first-order chi connectivity index (χ1) is 14.2. The molecule has 0 radical (unpaired) electrons. The summed E-state index contributed by atoms with van der Waals surface area (Å²) in [6, 6.07) is 13.9. The van der Waals surface area contributed by atoms with Crippen LogP contribution in [0.4, 0.5) is 11.6 Å². The molecule has 0 saturated heterocycles. The minimum absolute atomic E-state index is 0.537. The number of aryl methyl sites for hydroxylation is 2. The lowest BCUT2D eigenvalue weighted by Gasteiger charge is -2.09. The Balaban J connectivity index is 1.47. The normalized spacial score (nSPS) is 11.1. The van der Waals surface area contributed by atoms with Crippen molar-refractivity contribution in [2.45, 2.75) is 13.8 Å². The summed E-state index contributed by atoms with van der Waals surface area (Å²) in [7, 11) is 0. The second-order valence-corrected chi connectivity index (χ2v) is 6.75. The Morgan fingerprint density at radius 1 is 0.931 bits per heavy atom. The Labute approximate surface area is 166 Å². The number of rotatable bonds is 4. The van der Waals surface area contributed by atoms with Gasteiger partial charge in [0, 0.05) is 34.1 Å². The molecule has 0 bridgehead atoms. The highest BCUT2D eigenvalue weighted by molar-refractivity contribution is 5.94. The van der Waals surface area contributed by atoms with Crippen LogP contribution in [0.1, 0.15) is 11.5 Å². The quantitative estimate of drug-likeness (QED) is 0.488. The third-order valence-electron chi connectivity index (χ3n) is 4.73. The number of hydrogen-bond donors (Lipinski definition) is 2. The lowest BCUT2D eigenvalue weighted by Crippen LogP contribution is -1.99. The summed E-state index contributed by atoms with van der Waals surface area (Å²) in [5.74, 6) is 1.27. The van der Waals surface area contributed by atoms with Crippen LogP contribution in [-0.2, 0) is 0 Å². The van der Waals surface area contributed by atoms with Crippen molar-refractivity contribution in [1.82, 2.24) is 34.9 Å². The smallest absolute Gasteiger partial charge is 0.227 e. The first-order valence-corrected chi connectivity index (χ1v) is 9.19. The summed E-state index contributed by atoms with van der Waals surface area (Å²) in [4.78, 5) is 13.4. The van der Waals surface area contributed by atoms with Crippen molar-refractivity contribution in [1.29, 1.82) is 0 Å². The molecular weight excluding hydrogens is 364 g/mol. The maximum atomic E-state index is 4.76. The van der Waals surface area contributed by atoms with Gasteiger partial charge in [-0.1, -0.05) is 18.2 Å². The number of para-hydroxylation sites is 1. The fourth-order valence-corrected chi connectivity index (χ4v) is 3.25. The topological polar surface area (TPSA) is 97.2 Å². The van der Waals surface area contributed by atoms with Gasteiger partial charge < -0.3 is 5.32 Å². The van der Waals surface area contributed by atoms with Gasteiger partial charge in [0.15, 0.2) is 0 Å². The van der Waals surface area contributed by atoms with E-state index in [9.17, 15) is 0 Å². The predicted octanol–water partition coefficient (Wildman–Crippen LogP) is 3.96. The summed E-state index contributed by atoms with van der Waals surface area (Å²) in [5.41, 5.74) is 5.77. The molecule has 0 aliphatic carbocycles. The molecule has 3 aromatic heterocycles. The monoisotopic (exact) mass is 382 g/mol. The van der Waals surface area contributed by atoms with Gasteiger partial charge in [-0.3, -0.25) is 5.10 Å². The number of fused-ring (bicyclic) bond motifs is 1. The predicted molar refractivity (Wildman–Crippen MR) is 111 cm³/mol. The molecule has 3 heterocycles. The molecule has 0 unspecified atom stereocenters. The first-order valence-electron chi connectivity index (χ1n) is 9.19. The van der Waals surface area contributed by atoms with Crippen LogP contribution in [0.2, 0.25) is 0 Å². The molecule has 142 valence electrons. The van der Waals surface area contributed by atoms with E-state index in [2.05, 4.69) is 30.6 Å². The van der Waals surface area contributed by atoms with Gasteiger partial charge in [-0.05, 0) is 38.1 Å². The van der Waals surface area contributed by atoms with Crippen LogP contribution in [0.25, 0.3) is 27.7 Å². The van der Waals surface area contributed by atoms with E-state index in [0.717, 1.165) is 44.9 Å². The maximum Gasteiger partial charge on any atom is 0.227 e. The molecular formula is C21H18N8. The van der Waals surface area contributed by atoms with Crippen LogP contribution in [0.5, 0.6) is 0 Å². The minimum Gasteiger partial charge on any atom is -0.324 e. The first kappa shape index (κ1) is 17.1. The van der Waals surface area contributed by atoms with Gasteiger partial charge in [0.1, 0.15) is 12.2 Å². The van der Waals surface area contributed by atoms with E-state index in [1.165, 1.54) is 0 Å². The molecule has 2 N–H and O–H groups in total. The number of hydrogen-bond acceptors (Lipinski definition) is 6. The van der Waals surface area contributed by atoms with Crippen molar-refractivity contribution in [2.75, 3.05) is 5.32 Å². The molecule has 0 aliphatic rings. The van der Waals surface area contributed by atoms with Crippen LogP contribution < -0.4 is 5.32 Å². The van der Waals surface area contributed by atoms with E-state index in [1.807, 2.05) is 68.7 Å². The van der Waals surface area contributed by atoms with Crippen LogP contribution in [0.15, 0.2) is 61.2 Å². The standard InChI is InChI=1S/C21H18N8/c1-13-19(11-24-27-13)18-5-3-4-15-10-22-21(26-20(15)18)25-16-6-8-17(9-7-16)29-12-23-14(2)28-29/h3-12H,1-2H3,(H,24,27)(H,22,25,26). The molecule has 8 heteroatoms. The lowest BCUT2D eigenvalue weighted by atomic mass is 10.0. The van der Waals surface area contributed by atoms with Crippen molar-refractivity contribution in [3.63, 3.8) is 0 Å². The van der Waals surface area contributed by atoms with E-state index in [0.29, 0.717) is 5.95 Å². The van der Waals surface area contributed by atoms with Gasteiger partial charge in [-0.2, -0.15) is 10.2 Å². The van der Waals surface area contributed by atoms with Crippen LogP contribution in [0.3, 0.4) is 0 Å². The highest BCUT2D eigenvalue weighted by Crippen LogP contribution is 2.29. The highest BCUT2D eigenvalue weighted by atomic mass is 15.3. The number of anilines is 2. The van der Waals surface area contributed by atoms with E-state index in [-0.39, 0.29) is 0 Å². The molecule has 5 rings (SSSR count). The Kier molecular flexibility index (Phi) is 4.02. The SMILES string of the molecule is Cc1ncn(-c2ccc(Nc3ncc4cccc(-c5cn[nH]c5C)c4n3)cc2)n1. The van der Waals surface area contributed by atoms with E-state index in [1.54, 1.807) is 11.0 Å². The number of H-pyrrole nitrogens is 1. The third-order valence-corrected chi connectivity index (χ3v) is 4.73. The fraction of sp³-hybridized carbons (Fsp3) is 0.0952. The molecule has 5 aromatic rings. The van der Waals surface area contributed by atoms with E-state index in [4.69, 9.17) is 4.98 Å². The Morgan fingerprint density at radius 2 is 1.79 bits per heavy atom. The summed E-state index contributed by atoms with van der Waals surface area (Å²) < 4.78 is 1.74. The van der Waals surface area contributed by atoms with E-state index >= 15 is 0 Å². The zero-order chi connectivity index (χ0) is 19.8. The second-order valence-electron chi connectivity index (χ2n) is 6.75. The zero-order valence-corrected chi connectivity index (χ0v) is 16.0. The molecule has 29 heavy (non-hydrogen) atoms. The maximum absolute atomic E-state index is 4.76. The molecule has 0 aliphatic heterocycles. The van der Waals surface area contributed by atoms with Crippen molar-refractivity contribution < 1.29 is 0 Å². The number of aromatic nitrogens is 7. The lowest BCUT2D eigenvalue weighted by molar-refractivity contribution is 0.863. The number of benzene rings is 2. The number of nitrogens with zero attached hydrogens (tertiary/aromatic N) is 6. The van der Waals surface area contributed by atoms with Crippen molar-refractivity contribution in [2.24, 2.45) is 0 Å². The Hall–Kier alpha value is -4.07. The average molecular weight is 382 g/mol. The summed E-state index contributed by atoms with van der Waals surface area (Å²) in [5, 5.41) is 15.7. The molecule has 0 fully saturated rings. The minimum atomic E-state index is 0.537. The molecule has 0 atom stereocenters. The van der Waals surface area contributed by atoms with Gasteiger partial charge in [0.2, 0.25) is 5.95 Å². The third kappa shape index (κ3) is 3.20. The highest BCUT2D eigenvalue weighted by Gasteiger charge is 2.11. The summed E-state index contributed by atoms with van der Waals surface area (Å²) >= 11 is 0. The van der Waals surface area contributed by atoms with Gasteiger partial charge in [-0.15, -0.1) is 0 Å². The molecule has 8 nitrogen and oxygen atoms in total. The Morgan fingerprint density at radius 3 is 2.52 bits per heavy atom. The van der Waals surface area contributed by atoms with Crippen LogP contribution in [-0.4, -0.2) is 34.9 Å². The van der Waals surface area contributed by atoms with Crippen LogP contribution in [0, 0.1) is 13.8 Å². The number of aromatic amines is 1. The zero-order valence-electron chi connectivity index (χ0n) is 16.0. The van der Waals surface area contributed by atoms with Crippen molar-refractivity contribution >= 4 is 22.5 Å². The van der Waals surface area contributed by atoms with Crippen LogP contribution >= 0.6 is 0 Å². The fourth-order valence-electron chi connectivity index (χ4n) is 3.25. The molecule has 0 amide bonds. The Bertz CT molecular complexity index is 1300. The van der Waals surface area contributed by atoms with Gasteiger partial charge in [0.05, 0.1) is 17.4 Å².